The van der Waals surface area contributed by atoms with Crippen molar-refractivity contribution in [1.29, 1.82) is 0 Å². The molecule has 0 aliphatic rings. The molecule has 9 heteroatoms. The molecule has 0 aromatic heterocycles. The van der Waals surface area contributed by atoms with Crippen molar-refractivity contribution in [2.45, 2.75) is 6.42 Å². The summed E-state index contributed by atoms with van der Waals surface area (Å²) in [6.07, 6.45) is 0.630. The predicted molar refractivity (Wildman–Crippen MR) is 74.1 cm³/mol. The largest absolute Gasteiger partial charge is 0.481 e. The van der Waals surface area contributed by atoms with Crippen LogP contribution in [0.4, 0.5) is 10.1 Å². The summed E-state index contributed by atoms with van der Waals surface area (Å²) in [5.74, 6) is -2.46. The lowest BCUT2D eigenvalue weighted by molar-refractivity contribution is -0.137. The first-order chi connectivity index (χ1) is 9.60. The van der Waals surface area contributed by atoms with Gasteiger partial charge in [-0.3, -0.25) is 14.3 Å². The van der Waals surface area contributed by atoms with Crippen molar-refractivity contribution < 1.29 is 27.5 Å². The van der Waals surface area contributed by atoms with Crippen LogP contribution >= 0.6 is 0 Å². The fourth-order valence-corrected chi connectivity index (χ4v) is 2.13. The van der Waals surface area contributed by atoms with Crippen LogP contribution in [0.5, 0.6) is 0 Å². The SMILES string of the molecule is CN(CCC(=O)O)C(=O)c1cc(F)ccc1NS(C)(=O)=O. The number of carbonyl (C=O) groups excluding carboxylic acids is 1. The number of hydrogen-bond donors (Lipinski definition) is 2. The minimum Gasteiger partial charge on any atom is -0.481 e. The number of carboxylic acid groups (broad SMARTS) is 1. The average Bonchev–Trinajstić information content (AvgIpc) is 2.35. The zero-order valence-corrected chi connectivity index (χ0v) is 12.3. The highest BCUT2D eigenvalue weighted by atomic mass is 32.2. The molecule has 0 aliphatic heterocycles. The normalized spacial score (nSPS) is 11.0. The van der Waals surface area contributed by atoms with Gasteiger partial charge in [-0.05, 0) is 18.2 Å². The van der Waals surface area contributed by atoms with E-state index in [4.69, 9.17) is 5.11 Å². The number of amides is 1. The van der Waals surface area contributed by atoms with E-state index in [-0.39, 0.29) is 24.2 Å². The molecule has 0 radical (unpaired) electrons. The van der Waals surface area contributed by atoms with Crippen LogP contribution in [-0.2, 0) is 14.8 Å². The number of rotatable bonds is 6. The number of carboxylic acids is 1. The molecule has 2 N–H and O–H groups in total. The number of carbonyl (C=O) groups is 2. The minimum absolute atomic E-state index is 0.0638. The van der Waals surface area contributed by atoms with E-state index in [2.05, 4.69) is 4.72 Å². The Kier molecular flexibility index (Phi) is 5.25. The van der Waals surface area contributed by atoms with E-state index in [1.165, 1.54) is 7.05 Å². The topological polar surface area (TPSA) is 104 Å². The molecule has 1 rings (SSSR count). The molecule has 116 valence electrons. The molecule has 0 atom stereocenters. The summed E-state index contributed by atoms with van der Waals surface area (Å²) in [6, 6.07) is 3.04. The fourth-order valence-electron chi connectivity index (χ4n) is 1.55. The van der Waals surface area contributed by atoms with Gasteiger partial charge in [0.1, 0.15) is 5.82 Å². The Morgan fingerprint density at radius 2 is 2.00 bits per heavy atom. The van der Waals surface area contributed by atoms with Crippen LogP contribution in [0.2, 0.25) is 0 Å². The van der Waals surface area contributed by atoms with Gasteiger partial charge in [-0.15, -0.1) is 0 Å². The highest BCUT2D eigenvalue weighted by molar-refractivity contribution is 7.92. The Hall–Kier alpha value is -2.16. The van der Waals surface area contributed by atoms with Crippen LogP contribution in [-0.4, -0.2) is 50.1 Å². The quantitative estimate of drug-likeness (QED) is 0.805. The molecule has 0 bridgehead atoms. The van der Waals surface area contributed by atoms with E-state index in [1.54, 1.807) is 0 Å². The van der Waals surface area contributed by atoms with Gasteiger partial charge in [-0.1, -0.05) is 0 Å². The van der Waals surface area contributed by atoms with Gasteiger partial charge in [-0.25, -0.2) is 12.8 Å². The van der Waals surface area contributed by atoms with Gasteiger partial charge >= 0.3 is 5.97 Å². The maximum Gasteiger partial charge on any atom is 0.305 e. The van der Waals surface area contributed by atoms with Crippen molar-refractivity contribution in [2.75, 3.05) is 24.6 Å². The van der Waals surface area contributed by atoms with E-state index < -0.39 is 27.7 Å². The zero-order chi connectivity index (χ0) is 16.2. The highest BCUT2D eigenvalue weighted by Crippen LogP contribution is 2.20. The Morgan fingerprint density at radius 3 is 2.52 bits per heavy atom. The second kappa shape index (κ2) is 6.53. The summed E-state index contributed by atoms with van der Waals surface area (Å²) in [7, 11) is -2.29. The van der Waals surface area contributed by atoms with Gasteiger partial charge in [0.2, 0.25) is 10.0 Å². The Labute approximate surface area is 121 Å². The summed E-state index contributed by atoms with van der Waals surface area (Å²) >= 11 is 0. The Balaban J connectivity index is 3.07. The third-order valence-electron chi connectivity index (χ3n) is 2.52. The van der Waals surface area contributed by atoms with E-state index in [0.717, 1.165) is 29.4 Å². The first-order valence-electron chi connectivity index (χ1n) is 5.85. The van der Waals surface area contributed by atoms with Gasteiger partial charge in [0.25, 0.3) is 5.91 Å². The smallest absolute Gasteiger partial charge is 0.305 e. The maximum atomic E-state index is 13.3. The van der Waals surface area contributed by atoms with Crippen LogP contribution < -0.4 is 4.72 Å². The van der Waals surface area contributed by atoms with E-state index in [0.29, 0.717) is 0 Å². The second-order valence-corrected chi connectivity index (χ2v) is 6.18. The maximum absolute atomic E-state index is 13.3. The van der Waals surface area contributed by atoms with Crippen molar-refractivity contribution in [1.82, 2.24) is 4.90 Å². The van der Waals surface area contributed by atoms with Crippen molar-refractivity contribution in [3.8, 4) is 0 Å². The summed E-state index contributed by atoms with van der Waals surface area (Å²) in [4.78, 5) is 23.7. The van der Waals surface area contributed by atoms with Crippen molar-refractivity contribution in [3.63, 3.8) is 0 Å². The number of nitrogens with zero attached hydrogens (tertiary/aromatic N) is 1. The standard InChI is InChI=1S/C12H15FN2O5S/c1-15(6-5-11(16)17)12(18)9-7-8(13)3-4-10(9)14-21(2,19)20/h3-4,7,14H,5-6H2,1-2H3,(H,16,17). The Bertz CT molecular complexity index is 660. The molecular weight excluding hydrogens is 303 g/mol. The van der Waals surface area contributed by atoms with Gasteiger partial charge < -0.3 is 10.0 Å². The fraction of sp³-hybridized carbons (Fsp3) is 0.333. The van der Waals surface area contributed by atoms with Crippen molar-refractivity contribution >= 4 is 27.6 Å². The van der Waals surface area contributed by atoms with Crippen LogP contribution in [0, 0.1) is 5.82 Å². The minimum atomic E-state index is -3.63. The monoisotopic (exact) mass is 318 g/mol. The first-order valence-corrected chi connectivity index (χ1v) is 7.74. The van der Waals surface area contributed by atoms with E-state index >= 15 is 0 Å². The highest BCUT2D eigenvalue weighted by Gasteiger charge is 2.19. The molecule has 0 fully saturated rings. The third kappa shape index (κ3) is 5.38. The van der Waals surface area contributed by atoms with Crippen LogP contribution in [0.25, 0.3) is 0 Å². The van der Waals surface area contributed by atoms with E-state index in [1.807, 2.05) is 0 Å². The van der Waals surface area contributed by atoms with Crippen LogP contribution in [0.15, 0.2) is 18.2 Å². The zero-order valence-electron chi connectivity index (χ0n) is 11.5. The predicted octanol–water partition coefficient (Wildman–Crippen LogP) is 0.744. The molecule has 1 amide bonds. The molecule has 21 heavy (non-hydrogen) atoms. The average molecular weight is 318 g/mol. The lowest BCUT2D eigenvalue weighted by Crippen LogP contribution is -2.30. The number of aliphatic carboxylic acids is 1. The molecule has 0 saturated carbocycles. The van der Waals surface area contributed by atoms with Crippen molar-refractivity contribution in [2.24, 2.45) is 0 Å². The molecule has 0 unspecified atom stereocenters. The van der Waals surface area contributed by atoms with Gasteiger partial charge in [0.15, 0.2) is 0 Å². The molecule has 0 heterocycles. The lowest BCUT2D eigenvalue weighted by Gasteiger charge is -2.18. The van der Waals surface area contributed by atoms with Gasteiger partial charge in [0, 0.05) is 13.6 Å². The third-order valence-corrected chi connectivity index (χ3v) is 3.11. The first kappa shape index (κ1) is 16.9. The molecule has 1 aromatic carbocycles. The van der Waals surface area contributed by atoms with Crippen molar-refractivity contribution in [3.05, 3.63) is 29.6 Å². The lowest BCUT2D eigenvalue weighted by atomic mass is 10.1. The number of anilines is 1. The molecule has 0 saturated heterocycles. The number of hydrogen-bond acceptors (Lipinski definition) is 4. The molecule has 0 aliphatic carbocycles. The number of sulfonamides is 1. The summed E-state index contributed by atoms with van der Waals surface area (Å²) in [5.41, 5.74) is -0.251. The number of nitrogens with one attached hydrogen (secondary N) is 1. The summed E-state index contributed by atoms with van der Waals surface area (Å²) in [6.45, 7) is -0.0804. The molecular formula is C12H15FN2O5S. The molecule has 0 spiro atoms. The Morgan fingerprint density at radius 1 is 1.38 bits per heavy atom. The summed E-state index contributed by atoms with van der Waals surface area (Å²) < 4.78 is 37.9. The van der Waals surface area contributed by atoms with E-state index in [9.17, 15) is 22.4 Å². The van der Waals surface area contributed by atoms with Gasteiger partial charge in [-0.2, -0.15) is 0 Å². The summed E-state index contributed by atoms with van der Waals surface area (Å²) in [5, 5.41) is 8.58. The van der Waals surface area contributed by atoms with Gasteiger partial charge in [0.05, 0.1) is 23.9 Å². The van der Waals surface area contributed by atoms with Crippen LogP contribution in [0.1, 0.15) is 16.8 Å². The molecule has 1 aromatic rings. The number of halogens is 1. The number of benzene rings is 1. The second-order valence-electron chi connectivity index (χ2n) is 4.43. The van der Waals surface area contributed by atoms with Crippen LogP contribution in [0.3, 0.4) is 0 Å². The molecule has 7 nitrogen and oxygen atoms in total.